The number of hydrogen-bond donors (Lipinski definition) is 1. The first-order valence-electron chi connectivity index (χ1n) is 6.00. The van der Waals surface area contributed by atoms with E-state index in [1.807, 2.05) is 20.9 Å². The Morgan fingerprint density at radius 3 is 2.29 bits per heavy atom. The van der Waals surface area contributed by atoms with E-state index in [-0.39, 0.29) is 5.91 Å². The zero-order valence-electron chi connectivity index (χ0n) is 11.3. The Hall–Kier alpha value is -0.290. The summed E-state index contributed by atoms with van der Waals surface area (Å²) in [6, 6.07) is 0. The fourth-order valence-electron chi connectivity index (χ4n) is 1.92. The molecule has 0 aromatic carbocycles. The lowest BCUT2D eigenvalue weighted by Crippen LogP contribution is -2.49. The monoisotopic (exact) mass is 276 g/mol. The Labute approximate surface area is 114 Å². The summed E-state index contributed by atoms with van der Waals surface area (Å²) >= 11 is 6.88. The summed E-state index contributed by atoms with van der Waals surface area (Å²) in [5.74, 6) is 1.13. The van der Waals surface area contributed by atoms with Crippen LogP contribution in [0.5, 0.6) is 0 Å². The van der Waals surface area contributed by atoms with E-state index in [0.717, 1.165) is 18.7 Å². The minimum absolute atomic E-state index is 0.0658. The third-order valence-corrected chi connectivity index (χ3v) is 4.36. The molecule has 100 valence electrons. The molecule has 0 unspecified atom stereocenters. The number of rotatable bonds is 8. The van der Waals surface area contributed by atoms with Gasteiger partial charge in [-0.15, -0.1) is 0 Å². The van der Waals surface area contributed by atoms with E-state index in [2.05, 4.69) is 6.26 Å². The van der Waals surface area contributed by atoms with Crippen LogP contribution in [0.25, 0.3) is 0 Å². The highest BCUT2D eigenvalue weighted by Crippen LogP contribution is 2.29. The molecule has 0 aliphatic rings. The molecule has 1 amide bonds. The van der Waals surface area contributed by atoms with Crippen LogP contribution in [0.4, 0.5) is 0 Å². The molecule has 0 radical (unpaired) electrons. The fourth-order valence-corrected chi connectivity index (χ4v) is 2.71. The fraction of sp³-hybridized carbons (Fsp3) is 0.833. The van der Waals surface area contributed by atoms with Gasteiger partial charge in [-0.3, -0.25) is 4.79 Å². The summed E-state index contributed by atoms with van der Waals surface area (Å²) in [7, 11) is 1.83. The molecule has 3 nitrogen and oxygen atoms in total. The predicted molar refractivity (Wildman–Crippen MR) is 80.4 cm³/mol. The first-order valence-corrected chi connectivity index (χ1v) is 7.80. The van der Waals surface area contributed by atoms with Gasteiger partial charge in [-0.1, -0.05) is 26.1 Å². The number of carbonyl (C=O) groups excluding carboxylic acids is 1. The second kappa shape index (κ2) is 7.93. The highest BCUT2D eigenvalue weighted by Gasteiger charge is 2.39. The van der Waals surface area contributed by atoms with E-state index in [9.17, 15) is 4.79 Å². The third-order valence-electron chi connectivity index (χ3n) is 3.28. The zero-order chi connectivity index (χ0) is 13.5. The van der Waals surface area contributed by atoms with Crippen LogP contribution in [0.2, 0.25) is 0 Å². The number of thioether (sulfide) groups is 1. The predicted octanol–water partition coefficient (Wildman–Crippen LogP) is 2.29. The maximum Gasteiger partial charge on any atom is 0.235 e. The minimum atomic E-state index is -0.649. The van der Waals surface area contributed by atoms with Crippen LogP contribution < -0.4 is 5.73 Å². The summed E-state index contributed by atoms with van der Waals surface area (Å²) < 4.78 is 0. The van der Waals surface area contributed by atoms with E-state index >= 15 is 0 Å². The zero-order valence-corrected chi connectivity index (χ0v) is 12.9. The van der Waals surface area contributed by atoms with Crippen molar-refractivity contribution in [2.75, 3.05) is 25.6 Å². The number of hydrogen-bond acceptors (Lipinski definition) is 3. The van der Waals surface area contributed by atoms with Crippen molar-refractivity contribution in [3.8, 4) is 0 Å². The molecule has 0 fully saturated rings. The van der Waals surface area contributed by atoms with Gasteiger partial charge in [0.25, 0.3) is 0 Å². The summed E-state index contributed by atoms with van der Waals surface area (Å²) in [6.45, 7) is 4.70. The number of thiocarbonyl (C=S) groups is 1. The quantitative estimate of drug-likeness (QED) is 0.546. The normalized spacial score (nSPS) is 11.3. The molecule has 0 aromatic heterocycles. The molecular weight excluding hydrogens is 252 g/mol. The topological polar surface area (TPSA) is 46.3 Å². The van der Waals surface area contributed by atoms with Crippen molar-refractivity contribution >= 4 is 34.9 Å². The largest absolute Gasteiger partial charge is 0.392 e. The maximum atomic E-state index is 12.4. The molecule has 0 saturated heterocycles. The van der Waals surface area contributed by atoms with Gasteiger partial charge in [-0.25, -0.2) is 0 Å². The van der Waals surface area contributed by atoms with E-state index in [1.54, 1.807) is 16.7 Å². The van der Waals surface area contributed by atoms with E-state index in [4.69, 9.17) is 18.0 Å². The molecule has 5 heteroatoms. The molecule has 2 N–H and O–H groups in total. The molecule has 0 spiro atoms. The van der Waals surface area contributed by atoms with Gasteiger partial charge in [0.15, 0.2) is 0 Å². The van der Waals surface area contributed by atoms with Crippen LogP contribution in [0.15, 0.2) is 0 Å². The Morgan fingerprint density at radius 1 is 1.41 bits per heavy atom. The first kappa shape index (κ1) is 16.7. The number of amides is 1. The molecule has 0 aliphatic heterocycles. The standard InChI is InChI=1S/C12H24N2OS2/c1-5-12(6-2,10(13)16)11(15)14(3)8-7-9-17-4/h5-9H2,1-4H3,(H2,13,16). The van der Waals surface area contributed by atoms with Gasteiger partial charge in [-0.05, 0) is 31.3 Å². The molecule has 0 aromatic rings. The van der Waals surface area contributed by atoms with E-state index in [1.165, 1.54) is 0 Å². The lowest BCUT2D eigenvalue weighted by Gasteiger charge is -2.33. The van der Waals surface area contributed by atoms with Crippen LogP contribution in [0.3, 0.4) is 0 Å². The van der Waals surface area contributed by atoms with Crippen LogP contribution in [-0.4, -0.2) is 41.4 Å². The second-order valence-corrected chi connectivity index (χ2v) is 5.65. The highest BCUT2D eigenvalue weighted by molar-refractivity contribution is 7.98. The minimum Gasteiger partial charge on any atom is -0.392 e. The van der Waals surface area contributed by atoms with Crippen molar-refractivity contribution in [2.45, 2.75) is 33.1 Å². The van der Waals surface area contributed by atoms with Crippen LogP contribution in [-0.2, 0) is 4.79 Å². The average Bonchev–Trinajstić information content (AvgIpc) is 2.30. The molecular formula is C12H24N2OS2. The van der Waals surface area contributed by atoms with E-state index < -0.39 is 5.41 Å². The van der Waals surface area contributed by atoms with Gasteiger partial charge in [0, 0.05) is 13.6 Å². The third kappa shape index (κ3) is 4.14. The maximum absolute atomic E-state index is 12.4. The molecule has 0 heterocycles. The van der Waals surface area contributed by atoms with Crippen molar-refractivity contribution < 1.29 is 4.79 Å². The highest BCUT2D eigenvalue weighted by atomic mass is 32.2. The summed E-state index contributed by atoms with van der Waals surface area (Å²) in [4.78, 5) is 14.5. The number of nitrogens with two attached hydrogens (primary N) is 1. The van der Waals surface area contributed by atoms with E-state index in [0.29, 0.717) is 17.8 Å². The smallest absolute Gasteiger partial charge is 0.235 e. The summed E-state index contributed by atoms with van der Waals surface area (Å²) in [6.07, 6.45) is 4.42. The van der Waals surface area contributed by atoms with Crippen molar-refractivity contribution in [3.63, 3.8) is 0 Å². The van der Waals surface area contributed by atoms with Crippen molar-refractivity contribution in [1.29, 1.82) is 0 Å². The van der Waals surface area contributed by atoms with Crippen LogP contribution in [0.1, 0.15) is 33.1 Å². The van der Waals surface area contributed by atoms with Gasteiger partial charge in [0.1, 0.15) is 0 Å². The molecule has 17 heavy (non-hydrogen) atoms. The van der Waals surface area contributed by atoms with Crippen LogP contribution in [0, 0.1) is 5.41 Å². The number of nitrogens with zero attached hydrogens (tertiary/aromatic N) is 1. The molecule has 0 bridgehead atoms. The molecule has 0 rings (SSSR count). The molecule has 0 aliphatic carbocycles. The Morgan fingerprint density at radius 2 is 1.94 bits per heavy atom. The average molecular weight is 276 g/mol. The Balaban J connectivity index is 4.67. The van der Waals surface area contributed by atoms with Gasteiger partial charge in [0.05, 0.1) is 10.4 Å². The molecule has 0 atom stereocenters. The number of carbonyl (C=O) groups is 1. The lowest BCUT2D eigenvalue weighted by molar-refractivity contribution is -0.137. The lowest BCUT2D eigenvalue weighted by atomic mass is 9.81. The van der Waals surface area contributed by atoms with Gasteiger partial charge < -0.3 is 10.6 Å². The second-order valence-electron chi connectivity index (χ2n) is 4.23. The van der Waals surface area contributed by atoms with Crippen molar-refractivity contribution in [3.05, 3.63) is 0 Å². The summed E-state index contributed by atoms with van der Waals surface area (Å²) in [5, 5.41) is 0. The first-order chi connectivity index (χ1) is 7.96. The van der Waals surface area contributed by atoms with Crippen molar-refractivity contribution in [2.24, 2.45) is 11.1 Å². The van der Waals surface area contributed by atoms with Gasteiger partial charge in [-0.2, -0.15) is 11.8 Å². The van der Waals surface area contributed by atoms with Gasteiger partial charge in [0.2, 0.25) is 5.91 Å². The van der Waals surface area contributed by atoms with Crippen molar-refractivity contribution in [1.82, 2.24) is 4.90 Å². The van der Waals surface area contributed by atoms with Crippen LogP contribution >= 0.6 is 24.0 Å². The Kier molecular flexibility index (Phi) is 7.79. The molecule has 0 saturated carbocycles. The van der Waals surface area contributed by atoms with Gasteiger partial charge >= 0.3 is 0 Å². The Bertz CT molecular complexity index is 265. The summed E-state index contributed by atoms with van der Waals surface area (Å²) in [5.41, 5.74) is 5.12. The SMILES string of the molecule is CCC(CC)(C(=O)N(C)CCCSC)C(N)=S.